The minimum Gasteiger partial charge on any atom is -0.480 e. The number of para-hydroxylation sites is 1. The Bertz CT molecular complexity index is 644. The number of aromatic nitrogens is 2. The molecular weight excluding hydrogens is 254 g/mol. The van der Waals surface area contributed by atoms with Gasteiger partial charge in [0, 0.05) is 18.1 Å². The molecule has 1 N–H and O–H groups in total. The number of carbonyl (C=O) groups is 1. The molecule has 2 atom stereocenters. The Morgan fingerprint density at radius 2 is 2.20 bits per heavy atom. The molecule has 0 aliphatic carbocycles. The van der Waals surface area contributed by atoms with Crippen LogP contribution < -0.4 is 4.90 Å². The van der Waals surface area contributed by atoms with E-state index >= 15 is 0 Å². The highest BCUT2D eigenvalue weighted by atomic mass is 16.4. The van der Waals surface area contributed by atoms with Gasteiger partial charge in [-0.25, -0.2) is 14.8 Å². The van der Waals surface area contributed by atoms with Crippen LogP contribution in [0.25, 0.3) is 10.9 Å². The van der Waals surface area contributed by atoms with Gasteiger partial charge in [0.2, 0.25) is 5.95 Å². The van der Waals surface area contributed by atoms with E-state index in [-0.39, 0.29) is 0 Å². The molecule has 1 saturated heterocycles. The monoisotopic (exact) mass is 271 g/mol. The Kier molecular flexibility index (Phi) is 3.26. The maximum atomic E-state index is 11.5. The first kappa shape index (κ1) is 12.8. The van der Waals surface area contributed by atoms with Crippen molar-refractivity contribution in [3.8, 4) is 0 Å². The summed E-state index contributed by atoms with van der Waals surface area (Å²) in [4.78, 5) is 22.1. The molecule has 1 aliphatic heterocycles. The summed E-state index contributed by atoms with van der Waals surface area (Å²) in [5.74, 6) is 0.143. The first-order chi connectivity index (χ1) is 9.65. The lowest BCUT2D eigenvalue weighted by Gasteiger charge is -2.35. The second-order valence-corrected chi connectivity index (χ2v) is 5.41. The number of nitrogens with zero attached hydrogens (tertiary/aromatic N) is 3. The molecule has 2 unspecified atom stereocenters. The molecule has 1 aromatic carbocycles. The minimum atomic E-state index is -0.798. The van der Waals surface area contributed by atoms with Gasteiger partial charge in [0.1, 0.15) is 6.04 Å². The van der Waals surface area contributed by atoms with Crippen LogP contribution in [0.3, 0.4) is 0 Å². The zero-order valence-electron chi connectivity index (χ0n) is 11.4. The number of hydrogen-bond donors (Lipinski definition) is 1. The van der Waals surface area contributed by atoms with E-state index in [1.807, 2.05) is 29.2 Å². The van der Waals surface area contributed by atoms with Crippen LogP contribution in [0.4, 0.5) is 5.95 Å². The number of aliphatic carboxylic acids is 1. The molecule has 3 rings (SSSR count). The lowest BCUT2D eigenvalue weighted by atomic mass is 9.93. The number of benzene rings is 1. The summed E-state index contributed by atoms with van der Waals surface area (Å²) < 4.78 is 0. The Morgan fingerprint density at radius 1 is 1.40 bits per heavy atom. The number of carboxylic acids is 1. The normalized spacial score (nSPS) is 22.9. The average Bonchev–Trinajstić information content (AvgIpc) is 2.46. The van der Waals surface area contributed by atoms with Crippen LogP contribution in [0.1, 0.15) is 19.8 Å². The largest absolute Gasteiger partial charge is 0.480 e. The van der Waals surface area contributed by atoms with E-state index in [9.17, 15) is 9.90 Å². The third-order valence-electron chi connectivity index (χ3n) is 3.88. The first-order valence-corrected chi connectivity index (χ1v) is 6.86. The molecule has 104 valence electrons. The zero-order chi connectivity index (χ0) is 14.1. The topological polar surface area (TPSA) is 66.3 Å². The Balaban J connectivity index is 1.97. The number of rotatable bonds is 2. The SMILES string of the molecule is CC1CCN(c2ncc3ccccc3n2)C(C(=O)O)C1. The molecule has 20 heavy (non-hydrogen) atoms. The van der Waals surface area contributed by atoms with Crippen molar-refractivity contribution in [2.75, 3.05) is 11.4 Å². The molecule has 5 heteroatoms. The van der Waals surface area contributed by atoms with Crippen molar-refractivity contribution in [2.24, 2.45) is 5.92 Å². The number of piperidine rings is 1. The second kappa shape index (κ2) is 5.07. The summed E-state index contributed by atoms with van der Waals surface area (Å²) in [6.07, 6.45) is 3.38. The van der Waals surface area contributed by atoms with E-state index in [2.05, 4.69) is 16.9 Å². The molecule has 0 amide bonds. The van der Waals surface area contributed by atoms with Crippen molar-refractivity contribution < 1.29 is 9.90 Å². The Hall–Kier alpha value is -2.17. The number of hydrogen-bond acceptors (Lipinski definition) is 4. The van der Waals surface area contributed by atoms with E-state index in [4.69, 9.17) is 0 Å². The van der Waals surface area contributed by atoms with Crippen LogP contribution in [-0.4, -0.2) is 33.6 Å². The van der Waals surface area contributed by atoms with Crippen LogP contribution in [-0.2, 0) is 4.79 Å². The molecule has 2 heterocycles. The standard InChI is InChI=1S/C15H17N3O2/c1-10-6-7-18(13(8-10)14(19)20)15-16-9-11-4-2-3-5-12(11)17-15/h2-5,9-10,13H,6-8H2,1H3,(H,19,20). The molecule has 1 aromatic heterocycles. The summed E-state index contributed by atoms with van der Waals surface area (Å²) in [5.41, 5.74) is 0.847. The zero-order valence-corrected chi connectivity index (χ0v) is 11.4. The summed E-state index contributed by atoms with van der Waals surface area (Å²) >= 11 is 0. The molecule has 1 fully saturated rings. The Labute approximate surface area is 117 Å². The number of carboxylic acid groups (broad SMARTS) is 1. The van der Waals surface area contributed by atoms with Crippen molar-refractivity contribution in [3.63, 3.8) is 0 Å². The lowest BCUT2D eigenvalue weighted by molar-refractivity contribution is -0.139. The van der Waals surface area contributed by atoms with Gasteiger partial charge in [0.05, 0.1) is 5.52 Å². The highest BCUT2D eigenvalue weighted by molar-refractivity contribution is 5.80. The van der Waals surface area contributed by atoms with Gasteiger partial charge < -0.3 is 10.0 Å². The fraction of sp³-hybridized carbons (Fsp3) is 0.400. The van der Waals surface area contributed by atoms with Crippen molar-refractivity contribution >= 4 is 22.8 Å². The summed E-state index contributed by atoms with van der Waals surface area (Å²) in [6, 6.07) is 7.20. The molecular formula is C15H17N3O2. The van der Waals surface area contributed by atoms with Gasteiger partial charge in [-0.1, -0.05) is 25.1 Å². The predicted molar refractivity (Wildman–Crippen MR) is 76.7 cm³/mol. The third-order valence-corrected chi connectivity index (χ3v) is 3.88. The fourth-order valence-electron chi connectivity index (χ4n) is 2.72. The van der Waals surface area contributed by atoms with Gasteiger partial charge in [0.15, 0.2) is 0 Å². The van der Waals surface area contributed by atoms with Crippen molar-refractivity contribution in [1.29, 1.82) is 0 Å². The van der Waals surface area contributed by atoms with Crippen LogP contribution in [0, 0.1) is 5.92 Å². The van der Waals surface area contributed by atoms with Crippen LogP contribution in [0.2, 0.25) is 0 Å². The van der Waals surface area contributed by atoms with Crippen molar-refractivity contribution in [3.05, 3.63) is 30.5 Å². The van der Waals surface area contributed by atoms with Crippen LogP contribution in [0.15, 0.2) is 30.5 Å². The van der Waals surface area contributed by atoms with E-state index in [1.165, 1.54) is 0 Å². The minimum absolute atomic E-state index is 0.424. The van der Waals surface area contributed by atoms with Crippen LogP contribution >= 0.6 is 0 Å². The van der Waals surface area contributed by atoms with E-state index in [0.717, 1.165) is 17.3 Å². The number of fused-ring (bicyclic) bond motifs is 1. The molecule has 0 saturated carbocycles. The summed E-state index contributed by atoms with van der Waals surface area (Å²) in [7, 11) is 0. The van der Waals surface area contributed by atoms with Gasteiger partial charge in [-0.3, -0.25) is 0 Å². The van der Waals surface area contributed by atoms with Crippen LogP contribution in [0.5, 0.6) is 0 Å². The van der Waals surface area contributed by atoms with Gasteiger partial charge >= 0.3 is 5.97 Å². The maximum Gasteiger partial charge on any atom is 0.326 e. The van der Waals surface area contributed by atoms with E-state index < -0.39 is 12.0 Å². The van der Waals surface area contributed by atoms with E-state index in [1.54, 1.807) is 6.20 Å². The van der Waals surface area contributed by atoms with Gasteiger partial charge in [-0.05, 0) is 24.8 Å². The van der Waals surface area contributed by atoms with Gasteiger partial charge in [-0.2, -0.15) is 0 Å². The average molecular weight is 271 g/mol. The molecule has 0 bridgehead atoms. The second-order valence-electron chi connectivity index (χ2n) is 5.41. The first-order valence-electron chi connectivity index (χ1n) is 6.86. The van der Waals surface area contributed by atoms with Gasteiger partial charge in [0.25, 0.3) is 0 Å². The quantitative estimate of drug-likeness (QED) is 0.908. The van der Waals surface area contributed by atoms with E-state index in [0.29, 0.717) is 24.8 Å². The Morgan fingerprint density at radius 3 is 3.00 bits per heavy atom. The molecule has 2 aromatic rings. The van der Waals surface area contributed by atoms with Crippen molar-refractivity contribution in [2.45, 2.75) is 25.8 Å². The third kappa shape index (κ3) is 2.31. The highest BCUT2D eigenvalue weighted by Gasteiger charge is 2.33. The summed E-state index contributed by atoms with van der Waals surface area (Å²) in [6.45, 7) is 2.78. The van der Waals surface area contributed by atoms with Gasteiger partial charge in [-0.15, -0.1) is 0 Å². The maximum absolute atomic E-state index is 11.5. The lowest BCUT2D eigenvalue weighted by Crippen LogP contribution is -2.47. The molecule has 5 nitrogen and oxygen atoms in total. The highest BCUT2D eigenvalue weighted by Crippen LogP contribution is 2.26. The number of anilines is 1. The van der Waals surface area contributed by atoms with Crippen molar-refractivity contribution in [1.82, 2.24) is 9.97 Å². The molecule has 0 spiro atoms. The summed E-state index contributed by atoms with van der Waals surface area (Å²) in [5, 5.41) is 10.4. The molecule has 0 radical (unpaired) electrons. The molecule has 1 aliphatic rings. The predicted octanol–water partition coefficient (Wildman–Crippen LogP) is 2.32. The smallest absolute Gasteiger partial charge is 0.326 e. The fourth-order valence-corrected chi connectivity index (χ4v) is 2.72.